The third-order valence-corrected chi connectivity index (χ3v) is 4.50. The minimum absolute atomic E-state index is 0.0448. The smallest absolute Gasteiger partial charge is 0.175 e. The molecule has 19 heavy (non-hydrogen) atoms. The fraction of sp³-hybridized carbons (Fsp3) is 0.0714. The van der Waals surface area contributed by atoms with Crippen molar-refractivity contribution in [2.24, 2.45) is 0 Å². The third-order valence-electron chi connectivity index (χ3n) is 2.47. The Morgan fingerprint density at radius 3 is 2.58 bits per heavy atom. The summed E-state index contributed by atoms with van der Waals surface area (Å²) >= 11 is 9.14. The number of rotatable bonds is 4. The SMILES string of the molecule is O=C(CS(=O)c1cccc(Br)c1)c1cccc(Cl)c1. The van der Waals surface area contributed by atoms with Gasteiger partial charge in [0, 0.05) is 20.0 Å². The molecule has 1 atom stereocenters. The summed E-state index contributed by atoms with van der Waals surface area (Å²) < 4.78 is 12.9. The van der Waals surface area contributed by atoms with Gasteiger partial charge in [0.15, 0.2) is 5.78 Å². The minimum Gasteiger partial charge on any atom is -0.293 e. The van der Waals surface area contributed by atoms with E-state index in [1.807, 2.05) is 6.07 Å². The van der Waals surface area contributed by atoms with Crippen LogP contribution in [0, 0.1) is 0 Å². The first-order valence-electron chi connectivity index (χ1n) is 5.49. The van der Waals surface area contributed by atoms with Crippen LogP contribution in [0.15, 0.2) is 57.9 Å². The zero-order valence-electron chi connectivity index (χ0n) is 9.81. The maximum absolute atomic E-state index is 12.1. The van der Waals surface area contributed by atoms with E-state index in [9.17, 15) is 9.00 Å². The monoisotopic (exact) mass is 356 g/mol. The second-order valence-electron chi connectivity index (χ2n) is 3.88. The first kappa shape index (κ1) is 14.4. The molecule has 0 heterocycles. The van der Waals surface area contributed by atoms with E-state index in [0.29, 0.717) is 15.5 Å². The first-order valence-corrected chi connectivity index (χ1v) is 7.98. The summed E-state index contributed by atoms with van der Waals surface area (Å²) in [6, 6.07) is 13.8. The lowest BCUT2D eigenvalue weighted by Gasteiger charge is -2.03. The van der Waals surface area contributed by atoms with Gasteiger partial charge in [-0.25, -0.2) is 0 Å². The number of hydrogen-bond acceptors (Lipinski definition) is 2. The fourth-order valence-corrected chi connectivity index (χ4v) is 3.36. The minimum atomic E-state index is -1.35. The Hall–Kier alpha value is -0.970. The predicted molar refractivity (Wildman–Crippen MR) is 81.2 cm³/mol. The van der Waals surface area contributed by atoms with Crippen LogP contribution in [0.5, 0.6) is 0 Å². The van der Waals surface area contributed by atoms with Crippen LogP contribution in [-0.4, -0.2) is 15.7 Å². The van der Waals surface area contributed by atoms with Gasteiger partial charge >= 0.3 is 0 Å². The van der Waals surface area contributed by atoms with Crippen molar-refractivity contribution < 1.29 is 9.00 Å². The molecule has 2 nitrogen and oxygen atoms in total. The number of ketones is 1. The van der Waals surface area contributed by atoms with Gasteiger partial charge in [0.05, 0.1) is 16.6 Å². The second kappa shape index (κ2) is 6.46. The Morgan fingerprint density at radius 1 is 1.16 bits per heavy atom. The topological polar surface area (TPSA) is 34.1 Å². The maximum atomic E-state index is 12.1. The highest BCUT2D eigenvalue weighted by Gasteiger charge is 2.12. The maximum Gasteiger partial charge on any atom is 0.175 e. The average Bonchev–Trinajstić information content (AvgIpc) is 2.38. The Morgan fingerprint density at radius 2 is 1.89 bits per heavy atom. The molecule has 0 N–H and O–H groups in total. The average molecular weight is 358 g/mol. The van der Waals surface area contributed by atoms with Gasteiger partial charge in [0.2, 0.25) is 0 Å². The molecule has 2 aromatic carbocycles. The molecule has 0 radical (unpaired) electrons. The highest BCUT2D eigenvalue weighted by molar-refractivity contribution is 9.10. The molecule has 0 aliphatic carbocycles. The molecular formula is C14H10BrClO2S. The zero-order valence-corrected chi connectivity index (χ0v) is 13.0. The van der Waals surface area contributed by atoms with Crippen molar-refractivity contribution in [3.05, 3.63) is 63.6 Å². The van der Waals surface area contributed by atoms with Crippen LogP contribution in [0.1, 0.15) is 10.4 Å². The zero-order chi connectivity index (χ0) is 13.8. The van der Waals surface area contributed by atoms with Gasteiger partial charge < -0.3 is 0 Å². The van der Waals surface area contributed by atoms with E-state index in [2.05, 4.69) is 15.9 Å². The lowest BCUT2D eigenvalue weighted by Crippen LogP contribution is -2.11. The summed E-state index contributed by atoms with van der Waals surface area (Å²) in [5, 5.41) is 0.499. The summed E-state index contributed by atoms with van der Waals surface area (Å²) in [7, 11) is -1.35. The number of benzene rings is 2. The number of carbonyl (C=O) groups excluding carboxylic acids is 1. The van der Waals surface area contributed by atoms with Crippen LogP contribution in [0.4, 0.5) is 0 Å². The van der Waals surface area contributed by atoms with Crippen LogP contribution in [0.2, 0.25) is 5.02 Å². The molecule has 2 aromatic rings. The summed E-state index contributed by atoms with van der Waals surface area (Å²) in [5.41, 5.74) is 0.482. The van der Waals surface area contributed by atoms with Crippen molar-refractivity contribution in [3.63, 3.8) is 0 Å². The molecule has 0 fully saturated rings. The van der Waals surface area contributed by atoms with Crippen LogP contribution in [-0.2, 0) is 10.8 Å². The van der Waals surface area contributed by atoms with E-state index in [1.54, 1.807) is 42.5 Å². The summed E-state index contributed by atoms with van der Waals surface area (Å²) in [4.78, 5) is 12.6. The number of halogens is 2. The number of hydrogen-bond donors (Lipinski definition) is 0. The highest BCUT2D eigenvalue weighted by atomic mass is 79.9. The summed E-state index contributed by atoms with van der Waals surface area (Å²) in [6.07, 6.45) is 0. The molecule has 2 rings (SSSR count). The van der Waals surface area contributed by atoms with E-state index >= 15 is 0 Å². The van der Waals surface area contributed by atoms with Crippen molar-refractivity contribution >= 4 is 44.1 Å². The normalized spacial score (nSPS) is 12.1. The van der Waals surface area contributed by atoms with E-state index in [-0.39, 0.29) is 11.5 Å². The summed E-state index contributed by atoms with van der Waals surface area (Å²) in [5.74, 6) is -0.225. The predicted octanol–water partition coefficient (Wildman–Crippen LogP) is 4.09. The largest absolute Gasteiger partial charge is 0.293 e. The quantitative estimate of drug-likeness (QED) is 0.772. The lowest BCUT2D eigenvalue weighted by atomic mass is 10.1. The molecule has 0 amide bonds. The van der Waals surface area contributed by atoms with Gasteiger partial charge in [-0.1, -0.05) is 45.7 Å². The van der Waals surface area contributed by atoms with E-state index in [0.717, 1.165) is 4.47 Å². The van der Waals surface area contributed by atoms with Crippen molar-refractivity contribution in [3.8, 4) is 0 Å². The molecule has 0 aromatic heterocycles. The van der Waals surface area contributed by atoms with Crippen molar-refractivity contribution in [1.82, 2.24) is 0 Å². The highest BCUT2D eigenvalue weighted by Crippen LogP contribution is 2.16. The Labute approximate surface area is 127 Å². The molecule has 0 spiro atoms. The van der Waals surface area contributed by atoms with E-state index in [1.165, 1.54) is 0 Å². The Balaban J connectivity index is 2.13. The number of Topliss-reactive ketones (excluding diaryl/α,β-unsaturated/α-hetero) is 1. The van der Waals surface area contributed by atoms with Crippen molar-refractivity contribution in [1.29, 1.82) is 0 Å². The molecule has 0 saturated heterocycles. The van der Waals surface area contributed by atoms with Crippen molar-refractivity contribution in [2.75, 3.05) is 5.75 Å². The molecule has 0 saturated carbocycles. The molecule has 0 aliphatic heterocycles. The van der Waals surface area contributed by atoms with E-state index in [4.69, 9.17) is 11.6 Å². The van der Waals surface area contributed by atoms with Crippen molar-refractivity contribution in [2.45, 2.75) is 4.90 Å². The lowest BCUT2D eigenvalue weighted by molar-refractivity contribution is 0.102. The Kier molecular flexibility index (Phi) is 4.91. The molecule has 1 unspecified atom stereocenters. The van der Waals surface area contributed by atoms with Gasteiger partial charge in [-0.2, -0.15) is 0 Å². The number of carbonyl (C=O) groups is 1. The van der Waals surface area contributed by atoms with Crippen LogP contribution < -0.4 is 0 Å². The van der Waals surface area contributed by atoms with Crippen LogP contribution >= 0.6 is 27.5 Å². The standard InChI is InChI=1S/C14H10BrClO2S/c15-11-4-2-6-13(8-11)19(18)9-14(17)10-3-1-5-12(16)7-10/h1-8H,9H2. The third kappa shape index (κ3) is 4.00. The van der Waals surface area contributed by atoms with E-state index < -0.39 is 10.8 Å². The molecule has 0 aliphatic rings. The van der Waals surface area contributed by atoms with Gasteiger partial charge in [-0.3, -0.25) is 9.00 Å². The van der Waals surface area contributed by atoms with Crippen LogP contribution in [0.25, 0.3) is 0 Å². The molecule has 5 heteroatoms. The summed E-state index contributed by atoms with van der Waals surface area (Å²) in [6.45, 7) is 0. The van der Waals surface area contributed by atoms with Gasteiger partial charge in [-0.05, 0) is 30.3 Å². The molecule has 98 valence electrons. The van der Waals surface area contributed by atoms with Gasteiger partial charge in [0.25, 0.3) is 0 Å². The second-order valence-corrected chi connectivity index (χ2v) is 6.68. The van der Waals surface area contributed by atoms with Crippen LogP contribution in [0.3, 0.4) is 0 Å². The van der Waals surface area contributed by atoms with Gasteiger partial charge in [0.1, 0.15) is 0 Å². The van der Waals surface area contributed by atoms with Gasteiger partial charge in [-0.15, -0.1) is 0 Å². The Bertz CT molecular complexity index is 587. The first-order chi connectivity index (χ1) is 9.06. The fourth-order valence-electron chi connectivity index (χ4n) is 1.56. The molecule has 0 bridgehead atoms. The molecular weight excluding hydrogens is 348 g/mol.